The number of allylic oxidation sites excluding steroid dienone is 22. The number of aliphatic hydroxyl groups excluding tert-OH is 2. The number of Topliss-reactive ketones (excluding diaryl/α,β-unsaturated/α-hetero) is 1. The quantitative estimate of drug-likeness (QED) is 0.168. The van der Waals surface area contributed by atoms with Gasteiger partial charge in [-0.05, 0) is 79.4 Å². The molecular formula is C40H54O3. The lowest BCUT2D eigenvalue weighted by molar-refractivity contribution is -0.135. The van der Waals surface area contributed by atoms with E-state index in [4.69, 9.17) is 0 Å². The molecular weight excluding hydrogens is 528 g/mol. The monoisotopic (exact) mass is 582 g/mol. The molecule has 0 saturated heterocycles. The average Bonchev–Trinajstić information content (AvgIpc) is 2.93. The van der Waals surface area contributed by atoms with Crippen LogP contribution in [0, 0.1) is 5.41 Å². The van der Waals surface area contributed by atoms with Gasteiger partial charge in [0.15, 0.2) is 5.78 Å². The van der Waals surface area contributed by atoms with Gasteiger partial charge in [-0.25, -0.2) is 0 Å². The molecule has 0 aromatic carbocycles. The van der Waals surface area contributed by atoms with Crippen molar-refractivity contribution in [2.75, 3.05) is 0 Å². The van der Waals surface area contributed by atoms with E-state index < -0.39 is 23.4 Å². The fraction of sp³-hybridized carbons (Fsp3) is 0.375. The zero-order valence-corrected chi connectivity index (χ0v) is 28.1. The summed E-state index contributed by atoms with van der Waals surface area (Å²) in [6.07, 6.45) is 32.8. The Labute approximate surface area is 261 Å². The van der Waals surface area contributed by atoms with E-state index in [1.165, 1.54) is 22.3 Å². The van der Waals surface area contributed by atoms with Gasteiger partial charge in [0.25, 0.3) is 0 Å². The van der Waals surface area contributed by atoms with Crippen LogP contribution in [0.15, 0.2) is 142 Å². The first-order valence-corrected chi connectivity index (χ1v) is 15.2. The van der Waals surface area contributed by atoms with Crippen LogP contribution in [0.5, 0.6) is 0 Å². The van der Waals surface area contributed by atoms with Crippen molar-refractivity contribution in [2.45, 2.75) is 94.3 Å². The van der Waals surface area contributed by atoms with Crippen molar-refractivity contribution in [3.05, 3.63) is 142 Å². The van der Waals surface area contributed by atoms with E-state index in [0.29, 0.717) is 5.57 Å². The van der Waals surface area contributed by atoms with E-state index in [2.05, 4.69) is 89.3 Å². The molecule has 0 saturated carbocycles. The maximum Gasteiger partial charge on any atom is 0.189 e. The van der Waals surface area contributed by atoms with Crippen LogP contribution in [0.4, 0.5) is 0 Å². The zero-order chi connectivity index (χ0) is 32.6. The van der Waals surface area contributed by atoms with Gasteiger partial charge < -0.3 is 10.2 Å². The van der Waals surface area contributed by atoms with E-state index >= 15 is 0 Å². The second-order valence-corrected chi connectivity index (χ2v) is 12.3. The molecule has 3 nitrogen and oxygen atoms in total. The predicted octanol–water partition coefficient (Wildman–Crippen LogP) is 9.89. The standard InChI is InChI=1S/C40H54O3/c1-29(2)17-13-20-32(5)23-15-25-33(6)24-14-21-30(3)18-11-12-19-31(4)22-16-26-34(7)27-28-36-35(8)37(41)38(42)39(43)40(36,9)10/h11-12,14-19,21-28,38-39,42-43H,13,20H2,1-10H3. The van der Waals surface area contributed by atoms with Crippen LogP contribution in [-0.2, 0) is 4.79 Å². The lowest BCUT2D eigenvalue weighted by Crippen LogP contribution is -2.49. The largest absolute Gasteiger partial charge is 0.389 e. The van der Waals surface area contributed by atoms with Gasteiger partial charge in [0.05, 0.1) is 6.10 Å². The predicted molar refractivity (Wildman–Crippen MR) is 187 cm³/mol. The van der Waals surface area contributed by atoms with E-state index in [1.54, 1.807) is 6.92 Å². The Bertz CT molecular complexity index is 1330. The van der Waals surface area contributed by atoms with Gasteiger partial charge >= 0.3 is 0 Å². The molecule has 0 bridgehead atoms. The summed E-state index contributed by atoms with van der Waals surface area (Å²) in [4.78, 5) is 12.3. The van der Waals surface area contributed by atoms with Gasteiger partial charge in [-0.15, -0.1) is 0 Å². The first-order valence-electron chi connectivity index (χ1n) is 15.2. The Morgan fingerprint density at radius 2 is 1.14 bits per heavy atom. The number of rotatable bonds is 13. The van der Waals surface area contributed by atoms with Crippen molar-refractivity contribution in [2.24, 2.45) is 5.41 Å². The molecule has 0 aliphatic heterocycles. The van der Waals surface area contributed by atoms with E-state index in [9.17, 15) is 15.0 Å². The Hall–Kier alpha value is -3.53. The second kappa shape index (κ2) is 18.9. The highest BCUT2D eigenvalue weighted by Crippen LogP contribution is 2.40. The molecule has 0 aromatic rings. The summed E-state index contributed by atoms with van der Waals surface area (Å²) in [6.45, 7) is 20.1. The second-order valence-electron chi connectivity index (χ2n) is 12.3. The highest BCUT2D eigenvalue weighted by molar-refractivity contribution is 6.01. The van der Waals surface area contributed by atoms with Crippen molar-refractivity contribution >= 4 is 5.78 Å². The maximum absolute atomic E-state index is 12.3. The van der Waals surface area contributed by atoms with Gasteiger partial charge in [0.1, 0.15) is 6.10 Å². The number of ketones is 1. The van der Waals surface area contributed by atoms with Crippen molar-refractivity contribution < 1.29 is 15.0 Å². The third kappa shape index (κ3) is 14.0. The highest BCUT2D eigenvalue weighted by atomic mass is 16.3. The zero-order valence-electron chi connectivity index (χ0n) is 28.1. The van der Waals surface area contributed by atoms with Crippen LogP contribution in [0.2, 0.25) is 0 Å². The van der Waals surface area contributed by atoms with Crippen molar-refractivity contribution in [1.82, 2.24) is 0 Å². The molecule has 2 unspecified atom stereocenters. The smallest absolute Gasteiger partial charge is 0.189 e. The van der Waals surface area contributed by atoms with Crippen LogP contribution >= 0.6 is 0 Å². The Morgan fingerprint density at radius 1 is 0.698 bits per heavy atom. The van der Waals surface area contributed by atoms with E-state index in [-0.39, 0.29) is 0 Å². The maximum atomic E-state index is 12.3. The normalized spacial score (nSPS) is 21.6. The molecule has 1 aliphatic rings. The van der Waals surface area contributed by atoms with Crippen LogP contribution < -0.4 is 0 Å². The lowest BCUT2D eigenvalue weighted by Gasteiger charge is -2.39. The summed E-state index contributed by atoms with van der Waals surface area (Å²) < 4.78 is 0. The summed E-state index contributed by atoms with van der Waals surface area (Å²) in [5.74, 6) is -0.414. The molecule has 0 fully saturated rings. The Morgan fingerprint density at radius 3 is 1.63 bits per heavy atom. The van der Waals surface area contributed by atoms with Crippen LogP contribution in [0.25, 0.3) is 0 Å². The Kier molecular flexibility index (Phi) is 16.5. The fourth-order valence-corrected chi connectivity index (χ4v) is 4.47. The number of hydrogen-bond donors (Lipinski definition) is 2. The van der Waals surface area contributed by atoms with Gasteiger partial charge in [0, 0.05) is 5.41 Å². The summed E-state index contributed by atoms with van der Waals surface area (Å²) in [6, 6.07) is 0. The molecule has 0 aromatic heterocycles. The van der Waals surface area contributed by atoms with E-state index in [0.717, 1.165) is 29.6 Å². The minimum absolute atomic E-state index is 0.414. The lowest BCUT2D eigenvalue weighted by atomic mass is 9.69. The third-order valence-electron chi connectivity index (χ3n) is 7.38. The Balaban J connectivity index is 2.68. The summed E-state index contributed by atoms with van der Waals surface area (Å²) in [7, 11) is 0. The molecule has 0 heterocycles. The van der Waals surface area contributed by atoms with Gasteiger partial charge in [0.2, 0.25) is 0 Å². The molecule has 0 spiro atoms. The summed E-state index contributed by atoms with van der Waals surface area (Å²) in [5, 5.41) is 20.4. The van der Waals surface area contributed by atoms with E-state index in [1.807, 2.05) is 70.2 Å². The van der Waals surface area contributed by atoms with Crippen LogP contribution in [-0.4, -0.2) is 28.2 Å². The van der Waals surface area contributed by atoms with Gasteiger partial charge in [-0.2, -0.15) is 0 Å². The molecule has 0 radical (unpaired) electrons. The molecule has 3 heteroatoms. The average molecular weight is 583 g/mol. The SMILES string of the molecule is CC(C)=CCCC(C)=CC=CC(C)=CC=CC(C)=CC=CC=C(C)C=CC=C(C)C=CC1=C(C)C(=O)C(O)C(O)C1(C)C. The molecule has 232 valence electrons. The molecule has 1 aliphatic carbocycles. The summed E-state index contributed by atoms with van der Waals surface area (Å²) in [5.41, 5.74) is 7.79. The molecule has 0 amide bonds. The summed E-state index contributed by atoms with van der Waals surface area (Å²) >= 11 is 0. The number of carbonyl (C=O) groups is 1. The minimum atomic E-state index is -1.37. The number of hydrogen-bond acceptors (Lipinski definition) is 3. The molecule has 1 rings (SSSR count). The molecule has 43 heavy (non-hydrogen) atoms. The van der Waals surface area contributed by atoms with Gasteiger partial charge in [-0.1, -0.05) is 145 Å². The number of aliphatic hydroxyl groups is 2. The van der Waals surface area contributed by atoms with Crippen LogP contribution in [0.1, 0.15) is 82.1 Å². The third-order valence-corrected chi connectivity index (χ3v) is 7.38. The number of carbonyl (C=O) groups excluding carboxylic acids is 1. The van der Waals surface area contributed by atoms with Crippen molar-refractivity contribution in [3.63, 3.8) is 0 Å². The van der Waals surface area contributed by atoms with Crippen molar-refractivity contribution in [1.29, 1.82) is 0 Å². The molecule has 2 N–H and O–H groups in total. The molecule has 2 atom stereocenters. The van der Waals surface area contributed by atoms with Crippen LogP contribution in [0.3, 0.4) is 0 Å². The minimum Gasteiger partial charge on any atom is -0.389 e. The van der Waals surface area contributed by atoms with Crippen molar-refractivity contribution in [3.8, 4) is 0 Å². The first-order chi connectivity index (χ1) is 20.2. The van der Waals surface area contributed by atoms with Gasteiger partial charge in [-0.3, -0.25) is 4.79 Å². The highest BCUT2D eigenvalue weighted by Gasteiger charge is 2.44. The first kappa shape index (κ1) is 37.5. The topological polar surface area (TPSA) is 57.5 Å². The fourth-order valence-electron chi connectivity index (χ4n) is 4.47.